The van der Waals surface area contributed by atoms with Crippen LogP contribution in [0.15, 0.2) is 17.5 Å². The standard InChI is InChI=1S/C16H25NOS/c1-3-12(13-7-5-10-19-13)17-14-11-15(18-4-2)16(14)8-6-9-16/h5,7,10,12,14-15,17H,3-4,6,8-9,11H2,1-2H3. The molecule has 106 valence electrons. The molecule has 0 saturated heterocycles. The second-order valence-electron chi connectivity index (χ2n) is 5.96. The zero-order chi connectivity index (χ0) is 13.3. The Morgan fingerprint density at radius 3 is 2.84 bits per heavy atom. The highest BCUT2D eigenvalue weighted by molar-refractivity contribution is 7.10. The van der Waals surface area contributed by atoms with Crippen molar-refractivity contribution in [1.82, 2.24) is 5.32 Å². The fourth-order valence-electron chi connectivity index (χ4n) is 3.81. The van der Waals surface area contributed by atoms with Crippen LogP contribution in [0, 0.1) is 5.41 Å². The van der Waals surface area contributed by atoms with E-state index in [9.17, 15) is 0 Å². The van der Waals surface area contributed by atoms with Crippen LogP contribution in [0.5, 0.6) is 0 Å². The topological polar surface area (TPSA) is 21.3 Å². The predicted molar refractivity (Wildman–Crippen MR) is 80.6 cm³/mol. The van der Waals surface area contributed by atoms with Gasteiger partial charge in [-0.3, -0.25) is 0 Å². The van der Waals surface area contributed by atoms with Crippen LogP contribution in [0.3, 0.4) is 0 Å². The third-order valence-corrected chi connectivity index (χ3v) is 6.12. The van der Waals surface area contributed by atoms with Crippen LogP contribution in [-0.4, -0.2) is 18.8 Å². The Hall–Kier alpha value is -0.380. The van der Waals surface area contributed by atoms with Gasteiger partial charge in [-0.15, -0.1) is 11.3 Å². The fraction of sp³-hybridized carbons (Fsp3) is 0.750. The average Bonchev–Trinajstić information content (AvgIpc) is 2.84. The van der Waals surface area contributed by atoms with Gasteiger partial charge in [-0.1, -0.05) is 19.4 Å². The van der Waals surface area contributed by atoms with E-state index in [1.165, 1.54) is 37.0 Å². The SMILES string of the molecule is CCOC1CC(NC(CC)c2cccs2)C12CCC2. The van der Waals surface area contributed by atoms with Gasteiger partial charge < -0.3 is 10.1 Å². The zero-order valence-corrected chi connectivity index (χ0v) is 12.8. The lowest BCUT2D eigenvalue weighted by atomic mass is 9.51. The first-order valence-corrected chi connectivity index (χ1v) is 8.59. The van der Waals surface area contributed by atoms with Crippen molar-refractivity contribution < 1.29 is 4.74 Å². The van der Waals surface area contributed by atoms with E-state index in [-0.39, 0.29) is 0 Å². The van der Waals surface area contributed by atoms with E-state index in [0.29, 0.717) is 23.6 Å². The van der Waals surface area contributed by atoms with Crippen LogP contribution in [-0.2, 0) is 4.74 Å². The van der Waals surface area contributed by atoms with Crippen molar-refractivity contribution in [3.8, 4) is 0 Å². The molecule has 2 aliphatic rings. The van der Waals surface area contributed by atoms with Gasteiger partial charge in [-0.25, -0.2) is 0 Å². The number of rotatable bonds is 6. The van der Waals surface area contributed by atoms with Gasteiger partial charge in [0.05, 0.1) is 6.10 Å². The summed E-state index contributed by atoms with van der Waals surface area (Å²) in [6.45, 7) is 5.26. The summed E-state index contributed by atoms with van der Waals surface area (Å²) >= 11 is 1.88. The van der Waals surface area contributed by atoms with Gasteiger partial charge in [-0.05, 0) is 44.1 Å². The van der Waals surface area contributed by atoms with E-state index in [1.54, 1.807) is 0 Å². The van der Waals surface area contributed by atoms with E-state index >= 15 is 0 Å². The molecule has 0 bridgehead atoms. The molecule has 0 radical (unpaired) electrons. The van der Waals surface area contributed by atoms with E-state index in [0.717, 1.165) is 6.61 Å². The summed E-state index contributed by atoms with van der Waals surface area (Å²) < 4.78 is 5.93. The molecule has 19 heavy (non-hydrogen) atoms. The van der Waals surface area contributed by atoms with E-state index in [4.69, 9.17) is 4.74 Å². The summed E-state index contributed by atoms with van der Waals surface area (Å²) in [5.41, 5.74) is 0.473. The average molecular weight is 279 g/mol. The summed E-state index contributed by atoms with van der Waals surface area (Å²) in [5, 5.41) is 6.10. The molecule has 3 rings (SSSR count). The highest BCUT2D eigenvalue weighted by atomic mass is 32.1. The number of hydrogen-bond donors (Lipinski definition) is 1. The smallest absolute Gasteiger partial charge is 0.0661 e. The molecule has 0 aromatic carbocycles. The maximum Gasteiger partial charge on any atom is 0.0661 e. The molecule has 0 aliphatic heterocycles. The molecule has 1 spiro atoms. The van der Waals surface area contributed by atoms with Crippen molar-refractivity contribution >= 4 is 11.3 Å². The predicted octanol–water partition coefficient (Wildman–Crippen LogP) is 4.14. The van der Waals surface area contributed by atoms with Crippen molar-refractivity contribution in [2.45, 2.75) is 64.1 Å². The Bertz CT molecular complexity index is 399. The zero-order valence-electron chi connectivity index (χ0n) is 12.0. The second-order valence-corrected chi connectivity index (χ2v) is 6.94. The Balaban J connectivity index is 1.64. The van der Waals surface area contributed by atoms with Gasteiger partial charge in [0.2, 0.25) is 0 Å². The Morgan fingerprint density at radius 1 is 1.47 bits per heavy atom. The van der Waals surface area contributed by atoms with E-state index < -0.39 is 0 Å². The molecule has 2 nitrogen and oxygen atoms in total. The van der Waals surface area contributed by atoms with Crippen LogP contribution in [0.2, 0.25) is 0 Å². The first-order valence-electron chi connectivity index (χ1n) is 7.71. The largest absolute Gasteiger partial charge is 0.378 e. The first-order chi connectivity index (χ1) is 9.30. The molecule has 2 aliphatic carbocycles. The van der Waals surface area contributed by atoms with Crippen LogP contribution in [0.1, 0.15) is 56.9 Å². The molecule has 2 fully saturated rings. The van der Waals surface area contributed by atoms with Crippen molar-refractivity contribution in [2.24, 2.45) is 5.41 Å². The Morgan fingerprint density at radius 2 is 2.32 bits per heavy atom. The van der Waals surface area contributed by atoms with Gasteiger partial charge in [0, 0.05) is 29.0 Å². The lowest BCUT2D eigenvalue weighted by Crippen LogP contribution is -2.67. The summed E-state index contributed by atoms with van der Waals surface area (Å²) in [5.74, 6) is 0. The minimum absolute atomic E-state index is 0.473. The molecular weight excluding hydrogens is 254 g/mol. The number of thiophene rings is 1. The van der Waals surface area contributed by atoms with Crippen molar-refractivity contribution in [3.05, 3.63) is 22.4 Å². The molecule has 1 N–H and O–H groups in total. The van der Waals surface area contributed by atoms with Crippen molar-refractivity contribution in [2.75, 3.05) is 6.61 Å². The second kappa shape index (κ2) is 5.55. The molecule has 2 saturated carbocycles. The molecule has 1 aromatic rings. The van der Waals surface area contributed by atoms with Crippen molar-refractivity contribution in [1.29, 1.82) is 0 Å². The Kier molecular flexibility index (Phi) is 3.97. The fourth-order valence-corrected chi connectivity index (χ4v) is 4.68. The monoisotopic (exact) mass is 279 g/mol. The highest BCUT2D eigenvalue weighted by Crippen LogP contribution is 2.57. The Labute approximate surface area is 120 Å². The highest BCUT2D eigenvalue weighted by Gasteiger charge is 2.58. The maximum absolute atomic E-state index is 5.93. The normalized spacial score (nSPS) is 29.8. The van der Waals surface area contributed by atoms with E-state index in [1.807, 2.05) is 11.3 Å². The first kappa shape index (κ1) is 13.6. The minimum atomic E-state index is 0.473. The molecule has 3 atom stereocenters. The van der Waals surface area contributed by atoms with Crippen LogP contribution < -0.4 is 5.32 Å². The molecule has 1 heterocycles. The molecule has 3 unspecified atom stereocenters. The summed E-state index contributed by atoms with van der Waals surface area (Å²) in [7, 11) is 0. The minimum Gasteiger partial charge on any atom is -0.378 e. The van der Waals surface area contributed by atoms with Crippen LogP contribution in [0.25, 0.3) is 0 Å². The van der Waals surface area contributed by atoms with E-state index in [2.05, 4.69) is 36.7 Å². The molecule has 1 aromatic heterocycles. The van der Waals surface area contributed by atoms with Gasteiger partial charge in [0.1, 0.15) is 0 Å². The molecule has 3 heteroatoms. The lowest BCUT2D eigenvalue weighted by Gasteiger charge is -2.61. The third kappa shape index (κ3) is 2.26. The summed E-state index contributed by atoms with van der Waals surface area (Å²) in [6.07, 6.45) is 7.00. The quantitative estimate of drug-likeness (QED) is 0.845. The number of hydrogen-bond acceptors (Lipinski definition) is 3. The van der Waals surface area contributed by atoms with Gasteiger partial charge in [-0.2, -0.15) is 0 Å². The third-order valence-electron chi connectivity index (χ3n) is 5.13. The van der Waals surface area contributed by atoms with Gasteiger partial charge in [0.15, 0.2) is 0 Å². The number of nitrogens with one attached hydrogen (secondary N) is 1. The molecular formula is C16H25NOS. The summed E-state index contributed by atoms with van der Waals surface area (Å²) in [6, 6.07) is 5.63. The van der Waals surface area contributed by atoms with Crippen molar-refractivity contribution in [3.63, 3.8) is 0 Å². The number of ether oxygens (including phenoxy) is 1. The van der Waals surface area contributed by atoms with Gasteiger partial charge in [0.25, 0.3) is 0 Å². The lowest BCUT2D eigenvalue weighted by molar-refractivity contribution is -0.174. The maximum atomic E-state index is 5.93. The molecule has 0 amide bonds. The summed E-state index contributed by atoms with van der Waals surface area (Å²) in [4.78, 5) is 1.48. The van der Waals surface area contributed by atoms with Crippen LogP contribution >= 0.6 is 11.3 Å². The van der Waals surface area contributed by atoms with Gasteiger partial charge >= 0.3 is 0 Å². The van der Waals surface area contributed by atoms with Crippen LogP contribution in [0.4, 0.5) is 0 Å².